The first-order chi connectivity index (χ1) is 11.4. The van der Waals surface area contributed by atoms with Gasteiger partial charge in [-0.25, -0.2) is 0 Å². The van der Waals surface area contributed by atoms with Gasteiger partial charge in [0.1, 0.15) is 0 Å². The van der Waals surface area contributed by atoms with Gasteiger partial charge in [-0.15, -0.1) is 5.10 Å². The topological polar surface area (TPSA) is 62.5 Å². The van der Waals surface area contributed by atoms with Gasteiger partial charge in [0.05, 0.1) is 0 Å². The van der Waals surface area contributed by atoms with Crippen molar-refractivity contribution in [2.24, 2.45) is 5.41 Å². The van der Waals surface area contributed by atoms with E-state index in [0.717, 1.165) is 5.56 Å². The molecule has 0 aliphatic carbocycles. The van der Waals surface area contributed by atoms with E-state index < -0.39 is 0 Å². The van der Waals surface area contributed by atoms with Crippen LogP contribution < -0.4 is 4.90 Å². The fourth-order valence-electron chi connectivity index (χ4n) is 2.75. The van der Waals surface area contributed by atoms with Crippen molar-refractivity contribution in [1.82, 2.24) is 15.1 Å². The average molecular weight is 328 g/mol. The summed E-state index contributed by atoms with van der Waals surface area (Å²) in [6.45, 7) is 9.08. The van der Waals surface area contributed by atoms with Crippen molar-refractivity contribution >= 4 is 11.9 Å². The fraction of sp³-hybridized carbons (Fsp3) is 0.500. The monoisotopic (exact) mass is 328 g/mol. The summed E-state index contributed by atoms with van der Waals surface area (Å²) in [5.41, 5.74) is 0.931. The predicted molar refractivity (Wildman–Crippen MR) is 92.6 cm³/mol. The molecule has 1 aliphatic rings. The molecule has 0 unspecified atom stereocenters. The highest BCUT2D eigenvalue weighted by molar-refractivity contribution is 5.77. The Kier molecular flexibility index (Phi) is 4.55. The third-order valence-corrected chi connectivity index (χ3v) is 4.02. The molecule has 3 rings (SSSR count). The van der Waals surface area contributed by atoms with E-state index in [4.69, 9.17) is 4.42 Å². The SMILES string of the molecule is CC(C)(C)CC(=O)N1CCN(c2nnc(-c3ccccc3)o2)CC1. The maximum atomic E-state index is 12.3. The molecule has 0 spiro atoms. The van der Waals surface area contributed by atoms with Crippen LogP contribution in [0.3, 0.4) is 0 Å². The number of benzene rings is 1. The van der Waals surface area contributed by atoms with E-state index in [-0.39, 0.29) is 11.3 Å². The summed E-state index contributed by atoms with van der Waals surface area (Å²) in [5.74, 6) is 0.745. The molecule has 0 saturated carbocycles. The molecule has 0 atom stereocenters. The van der Waals surface area contributed by atoms with E-state index in [1.165, 1.54) is 0 Å². The van der Waals surface area contributed by atoms with Crippen LogP contribution in [0.4, 0.5) is 6.01 Å². The first kappa shape index (κ1) is 16.5. The van der Waals surface area contributed by atoms with E-state index in [1.54, 1.807) is 0 Å². The van der Waals surface area contributed by atoms with E-state index >= 15 is 0 Å². The molecule has 2 aromatic rings. The minimum Gasteiger partial charge on any atom is -0.403 e. The third kappa shape index (κ3) is 3.93. The number of amides is 1. The Labute approximate surface area is 142 Å². The van der Waals surface area contributed by atoms with E-state index in [1.807, 2.05) is 40.1 Å². The number of hydrogen-bond donors (Lipinski definition) is 0. The molecule has 6 heteroatoms. The van der Waals surface area contributed by atoms with Crippen LogP contribution in [-0.4, -0.2) is 47.2 Å². The number of anilines is 1. The van der Waals surface area contributed by atoms with Crippen LogP contribution in [0.5, 0.6) is 0 Å². The van der Waals surface area contributed by atoms with Gasteiger partial charge >= 0.3 is 6.01 Å². The number of nitrogens with zero attached hydrogens (tertiary/aromatic N) is 4. The molecule has 1 aromatic heterocycles. The lowest BCUT2D eigenvalue weighted by molar-refractivity contribution is -0.133. The Morgan fingerprint density at radius 3 is 2.38 bits per heavy atom. The number of hydrogen-bond acceptors (Lipinski definition) is 5. The van der Waals surface area contributed by atoms with Crippen molar-refractivity contribution in [2.45, 2.75) is 27.2 Å². The lowest BCUT2D eigenvalue weighted by Crippen LogP contribution is -2.49. The molecule has 2 heterocycles. The Balaban J connectivity index is 1.59. The van der Waals surface area contributed by atoms with Gasteiger partial charge in [-0.05, 0) is 17.5 Å². The van der Waals surface area contributed by atoms with Gasteiger partial charge in [-0.2, -0.15) is 0 Å². The standard InChI is InChI=1S/C18H24N4O2/c1-18(2,3)13-15(23)21-9-11-22(12-10-21)17-20-19-16(24-17)14-7-5-4-6-8-14/h4-8H,9-13H2,1-3H3. The lowest BCUT2D eigenvalue weighted by Gasteiger charge is -2.35. The normalized spacial score (nSPS) is 15.6. The van der Waals surface area contributed by atoms with Gasteiger partial charge < -0.3 is 14.2 Å². The zero-order valence-electron chi connectivity index (χ0n) is 14.5. The molecule has 6 nitrogen and oxygen atoms in total. The number of aromatic nitrogens is 2. The highest BCUT2D eigenvalue weighted by atomic mass is 16.4. The molecule has 0 radical (unpaired) electrons. The summed E-state index contributed by atoms with van der Waals surface area (Å²) in [5, 5.41) is 8.28. The molecular formula is C18H24N4O2. The molecule has 0 N–H and O–H groups in total. The molecule has 1 amide bonds. The number of carbonyl (C=O) groups excluding carboxylic acids is 1. The number of rotatable bonds is 3. The van der Waals surface area contributed by atoms with Crippen molar-refractivity contribution in [1.29, 1.82) is 0 Å². The lowest BCUT2D eigenvalue weighted by atomic mass is 9.91. The van der Waals surface area contributed by atoms with Gasteiger partial charge in [0.2, 0.25) is 11.8 Å². The molecule has 128 valence electrons. The molecule has 0 bridgehead atoms. The van der Waals surface area contributed by atoms with Crippen molar-refractivity contribution in [2.75, 3.05) is 31.1 Å². The second-order valence-electron chi connectivity index (χ2n) is 7.36. The molecule has 1 fully saturated rings. The molecular weight excluding hydrogens is 304 g/mol. The van der Waals surface area contributed by atoms with Crippen molar-refractivity contribution in [3.63, 3.8) is 0 Å². The zero-order valence-corrected chi connectivity index (χ0v) is 14.5. The quantitative estimate of drug-likeness (QED) is 0.867. The predicted octanol–water partition coefficient (Wildman–Crippen LogP) is 2.82. The van der Waals surface area contributed by atoms with Crippen LogP contribution >= 0.6 is 0 Å². The van der Waals surface area contributed by atoms with Gasteiger partial charge in [-0.1, -0.05) is 44.1 Å². The molecule has 1 aromatic carbocycles. The Hall–Kier alpha value is -2.37. The minimum atomic E-state index is 0.0191. The number of carbonyl (C=O) groups is 1. The van der Waals surface area contributed by atoms with Gasteiger partial charge in [0, 0.05) is 38.2 Å². The smallest absolute Gasteiger partial charge is 0.318 e. The van der Waals surface area contributed by atoms with Crippen LogP contribution in [0.15, 0.2) is 34.7 Å². The average Bonchev–Trinajstić information content (AvgIpc) is 3.04. The number of piperazine rings is 1. The molecule has 1 aliphatic heterocycles. The maximum absolute atomic E-state index is 12.3. The van der Waals surface area contributed by atoms with Gasteiger partial charge in [0.25, 0.3) is 0 Å². The van der Waals surface area contributed by atoms with Crippen LogP contribution in [0.1, 0.15) is 27.2 Å². The van der Waals surface area contributed by atoms with Crippen LogP contribution in [0.25, 0.3) is 11.5 Å². The van der Waals surface area contributed by atoms with Gasteiger partial charge in [-0.3, -0.25) is 4.79 Å². The van der Waals surface area contributed by atoms with Crippen molar-refractivity contribution in [3.8, 4) is 11.5 Å². The summed E-state index contributed by atoms with van der Waals surface area (Å²) in [7, 11) is 0. The highest BCUT2D eigenvalue weighted by Crippen LogP contribution is 2.24. The van der Waals surface area contributed by atoms with E-state index in [9.17, 15) is 4.79 Å². The minimum absolute atomic E-state index is 0.0191. The first-order valence-corrected chi connectivity index (χ1v) is 8.34. The second kappa shape index (κ2) is 6.63. The van der Waals surface area contributed by atoms with Crippen LogP contribution in [-0.2, 0) is 4.79 Å². The highest BCUT2D eigenvalue weighted by Gasteiger charge is 2.26. The summed E-state index contributed by atoms with van der Waals surface area (Å²) in [6.07, 6.45) is 0.575. The van der Waals surface area contributed by atoms with Crippen LogP contribution in [0, 0.1) is 5.41 Å². The van der Waals surface area contributed by atoms with E-state index in [0.29, 0.717) is 44.5 Å². The molecule has 1 saturated heterocycles. The van der Waals surface area contributed by atoms with Crippen LogP contribution in [0.2, 0.25) is 0 Å². The Morgan fingerprint density at radius 1 is 1.08 bits per heavy atom. The zero-order chi connectivity index (χ0) is 17.2. The van der Waals surface area contributed by atoms with E-state index in [2.05, 4.69) is 31.0 Å². The summed E-state index contributed by atoms with van der Waals surface area (Å²) in [6, 6.07) is 10.3. The Bertz CT molecular complexity index is 683. The summed E-state index contributed by atoms with van der Waals surface area (Å²) < 4.78 is 5.79. The maximum Gasteiger partial charge on any atom is 0.318 e. The fourth-order valence-corrected chi connectivity index (χ4v) is 2.75. The largest absolute Gasteiger partial charge is 0.403 e. The first-order valence-electron chi connectivity index (χ1n) is 8.34. The van der Waals surface area contributed by atoms with Gasteiger partial charge in [0.15, 0.2) is 0 Å². The Morgan fingerprint density at radius 2 is 1.75 bits per heavy atom. The second-order valence-corrected chi connectivity index (χ2v) is 7.36. The summed E-state index contributed by atoms with van der Waals surface area (Å²) >= 11 is 0. The van der Waals surface area contributed by atoms with Crippen molar-refractivity contribution in [3.05, 3.63) is 30.3 Å². The summed E-state index contributed by atoms with van der Waals surface area (Å²) in [4.78, 5) is 16.3. The molecule has 24 heavy (non-hydrogen) atoms. The van der Waals surface area contributed by atoms with Crippen molar-refractivity contribution < 1.29 is 9.21 Å². The third-order valence-electron chi connectivity index (χ3n) is 4.02.